The largest absolute Gasteiger partial charge is 0.325 e. The summed E-state index contributed by atoms with van der Waals surface area (Å²) in [5.74, 6) is 0. The summed E-state index contributed by atoms with van der Waals surface area (Å²) in [5.41, 5.74) is 7.68. The van der Waals surface area contributed by atoms with Gasteiger partial charge in [0.15, 0.2) is 0 Å². The van der Waals surface area contributed by atoms with Crippen LogP contribution in [-0.2, 0) is 13.6 Å². The summed E-state index contributed by atoms with van der Waals surface area (Å²) in [6.07, 6.45) is 0. The number of fused-ring (bicyclic) bond motifs is 1. The highest BCUT2D eigenvalue weighted by atomic mass is 79.9. The highest BCUT2D eigenvalue weighted by Crippen LogP contribution is 2.21. The lowest BCUT2D eigenvalue weighted by Crippen LogP contribution is -2.04. The first-order chi connectivity index (χ1) is 6.22. The fourth-order valence-corrected chi connectivity index (χ4v) is 1.82. The molecule has 2 N–H and O–H groups in total. The molecule has 0 aliphatic heterocycles. The van der Waals surface area contributed by atoms with Gasteiger partial charge >= 0.3 is 0 Å². The molecule has 3 nitrogen and oxygen atoms in total. The van der Waals surface area contributed by atoms with Crippen LogP contribution in [0, 0.1) is 0 Å². The lowest BCUT2D eigenvalue weighted by Gasteiger charge is -1.96. The molecule has 1 heterocycles. The Kier molecular flexibility index (Phi) is 2.09. The van der Waals surface area contributed by atoms with Gasteiger partial charge in [-0.3, -0.25) is 4.68 Å². The van der Waals surface area contributed by atoms with Crippen molar-refractivity contribution < 1.29 is 0 Å². The first-order valence-corrected chi connectivity index (χ1v) is 4.83. The van der Waals surface area contributed by atoms with Gasteiger partial charge in [-0.2, -0.15) is 5.10 Å². The number of halogens is 1. The van der Waals surface area contributed by atoms with Gasteiger partial charge in [-0.1, -0.05) is 15.9 Å². The summed E-state index contributed by atoms with van der Waals surface area (Å²) in [6, 6.07) is 6.03. The number of hydrogen-bond acceptors (Lipinski definition) is 2. The predicted octanol–water partition coefficient (Wildman–Crippen LogP) is 1.79. The summed E-state index contributed by atoms with van der Waals surface area (Å²) in [4.78, 5) is 0. The van der Waals surface area contributed by atoms with E-state index in [0.717, 1.165) is 21.1 Å². The van der Waals surface area contributed by atoms with E-state index in [-0.39, 0.29) is 0 Å². The van der Waals surface area contributed by atoms with E-state index in [1.165, 1.54) is 0 Å². The maximum Gasteiger partial charge on any atom is 0.0937 e. The molecular formula is C9H10BrN3. The highest BCUT2D eigenvalue weighted by Gasteiger charge is 2.06. The van der Waals surface area contributed by atoms with Crippen LogP contribution in [0.15, 0.2) is 22.7 Å². The molecule has 0 saturated heterocycles. The average Bonchev–Trinajstić information content (AvgIpc) is 2.39. The minimum atomic E-state index is 0.522. The summed E-state index contributed by atoms with van der Waals surface area (Å²) < 4.78 is 2.87. The summed E-state index contributed by atoms with van der Waals surface area (Å²) in [6.45, 7) is 0.522. The second-order valence-corrected chi connectivity index (χ2v) is 3.85. The van der Waals surface area contributed by atoms with Crippen molar-refractivity contribution >= 4 is 26.8 Å². The molecule has 68 valence electrons. The van der Waals surface area contributed by atoms with Crippen LogP contribution in [0.1, 0.15) is 5.69 Å². The fraction of sp³-hybridized carbons (Fsp3) is 0.222. The molecular weight excluding hydrogens is 230 g/mol. The van der Waals surface area contributed by atoms with Crippen LogP contribution in [0.4, 0.5) is 0 Å². The van der Waals surface area contributed by atoms with E-state index >= 15 is 0 Å². The van der Waals surface area contributed by atoms with E-state index in [0.29, 0.717) is 6.54 Å². The quantitative estimate of drug-likeness (QED) is 0.825. The number of aryl methyl sites for hydroxylation is 1. The molecule has 0 unspecified atom stereocenters. The van der Waals surface area contributed by atoms with Gasteiger partial charge in [0.25, 0.3) is 0 Å². The Morgan fingerprint density at radius 1 is 1.54 bits per heavy atom. The molecule has 0 amide bonds. The molecule has 0 aliphatic carbocycles. The van der Waals surface area contributed by atoms with Crippen molar-refractivity contribution in [2.45, 2.75) is 6.54 Å². The Balaban J connectivity index is 2.79. The maximum absolute atomic E-state index is 5.63. The third kappa shape index (κ3) is 1.36. The van der Waals surface area contributed by atoms with E-state index in [1.807, 2.05) is 29.9 Å². The van der Waals surface area contributed by atoms with Crippen molar-refractivity contribution in [2.75, 3.05) is 0 Å². The Labute approximate surface area is 84.7 Å². The van der Waals surface area contributed by atoms with Gasteiger partial charge in [-0.05, 0) is 18.2 Å². The molecule has 0 bridgehead atoms. The number of nitrogens with zero attached hydrogens (tertiary/aromatic N) is 2. The van der Waals surface area contributed by atoms with Crippen LogP contribution in [0.3, 0.4) is 0 Å². The molecule has 4 heteroatoms. The van der Waals surface area contributed by atoms with Crippen molar-refractivity contribution in [2.24, 2.45) is 12.8 Å². The van der Waals surface area contributed by atoms with Crippen molar-refractivity contribution in [3.63, 3.8) is 0 Å². The molecule has 0 radical (unpaired) electrons. The number of hydrogen-bond donors (Lipinski definition) is 1. The van der Waals surface area contributed by atoms with E-state index in [4.69, 9.17) is 5.73 Å². The van der Waals surface area contributed by atoms with E-state index < -0.39 is 0 Å². The zero-order valence-corrected chi connectivity index (χ0v) is 8.87. The topological polar surface area (TPSA) is 43.8 Å². The van der Waals surface area contributed by atoms with E-state index in [9.17, 15) is 0 Å². The predicted molar refractivity (Wildman–Crippen MR) is 56.3 cm³/mol. The van der Waals surface area contributed by atoms with Crippen molar-refractivity contribution in [3.05, 3.63) is 28.4 Å². The first-order valence-electron chi connectivity index (χ1n) is 4.03. The van der Waals surface area contributed by atoms with Crippen molar-refractivity contribution in [1.29, 1.82) is 0 Å². The Hall–Kier alpha value is -0.870. The molecule has 0 saturated carbocycles. The third-order valence-corrected chi connectivity index (χ3v) is 2.61. The molecule has 1 aromatic carbocycles. The summed E-state index contributed by atoms with van der Waals surface area (Å²) >= 11 is 3.41. The minimum absolute atomic E-state index is 0.522. The Morgan fingerprint density at radius 2 is 2.31 bits per heavy atom. The zero-order valence-electron chi connectivity index (χ0n) is 7.29. The standard InChI is InChI=1S/C9H10BrN3/c1-13-9(5-11)7-3-2-6(10)4-8(7)12-13/h2-4H,5,11H2,1H3. The van der Waals surface area contributed by atoms with Crippen LogP contribution in [0.2, 0.25) is 0 Å². The van der Waals surface area contributed by atoms with E-state index in [2.05, 4.69) is 21.0 Å². The Morgan fingerprint density at radius 3 is 3.00 bits per heavy atom. The maximum atomic E-state index is 5.63. The average molecular weight is 240 g/mol. The molecule has 1 aromatic heterocycles. The van der Waals surface area contributed by atoms with Gasteiger partial charge in [-0.25, -0.2) is 0 Å². The van der Waals surface area contributed by atoms with E-state index in [1.54, 1.807) is 0 Å². The number of benzene rings is 1. The van der Waals surface area contributed by atoms with Gasteiger partial charge < -0.3 is 5.73 Å². The smallest absolute Gasteiger partial charge is 0.0937 e. The summed E-state index contributed by atoms with van der Waals surface area (Å²) in [5, 5.41) is 5.48. The molecule has 0 spiro atoms. The zero-order chi connectivity index (χ0) is 9.42. The molecule has 0 aliphatic rings. The number of nitrogens with two attached hydrogens (primary N) is 1. The van der Waals surface area contributed by atoms with Crippen LogP contribution >= 0.6 is 15.9 Å². The normalized spacial score (nSPS) is 11.0. The SMILES string of the molecule is Cn1nc2cc(Br)ccc2c1CN. The molecule has 2 rings (SSSR count). The lowest BCUT2D eigenvalue weighted by atomic mass is 10.2. The third-order valence-electron chi connectivity index (χ3n) is 2.11. The molecule has 13 heavy (non-hydrogen) atoms. The van der Waals surface area contributed by atoms with Gasteiger partial charge in [0, 0.05) is 23.5 Å². The van der Waals surface area contributed by atoms with Gasteiger partial charge in [-0.15, -0.1) is 0 Å². The number of aromatic nitrogens is 2. The summed E-state index contributed by atoms with van der Waals surface area (Å²) in [7, 11) is 1.91. The van der Waals surface area contributed by atoms with Gasteiger partial charge in [0.2, 0.25) is 0 Å². The second-order valence-electron chi connectivity index (χ2n) is 2.94. The van der Waals surface area contributed by atoms with Crippen LogP contribution < -0.4 is 5.73 Å². The number of rotatable bonds is 1. The lowest BCUT2D eigenvalue weighted by molar-refractivity contribution is 0.722. The van der Waals surface area contributed by atoms with Crippen LogP contribution in [0.25, 0.3) is 10.9 Å². The molecule has 0 fully saturated rings. The monoisotopic (exact) mass is 239 g/mol. The second kappa shape index (κ2) is 3.12. The fourth-order valence-electron chi connectivity index (χ4n) is 1.47. The van der Waals surface area contributed by atoms with Crippen LogP contribution in [0.5, 0.6) is 0 Å². The van der Waals surface area contributed by atoms with Gasteiger partial charge in [0.05, 0.1) is 11.2 Å². The first kappa shape index (κ1) is 8.72. The van der Waals surface area contributed by atoms with Crippen molar-refractivity contribution in [3.8, 4) is 0 Å². The van der Waals surface area contributed by atoms with Crippen LogP contribution in [-0.4, -0.2) is 9.78 Å². The minimum Gasteiger partial charge on any atom is -0.325 e. The Bertz CT molecular complexity index is 447. The molecule has 0 atom stereocenters. The van der Waals surface area contributed by atoms with Gasteiger partial charge in [0.1, 0.15) is 0 Å². The molecule has 2 aromatic rings. The van der Waals surface area contributed by atoms with Crippen molar-refractivity contribution in [1.82, 2.24) is 9.78 Å². The highest BCUT2D eigenvalue weighted by molar-refractivity contribution is 9.10.